The summed E-state index contributed by atoms with van der Waals surface area (Å²) in [5, 5.41) is 15.5. The number of carbonyl (C=O) groups excluding carboxylic acids is 1. The van der Waals surface area contributed by atoms with Gasteiger partial charge in [0.1, 0.15) is 5.82 Å². The third kappa shape index (κ3) is 2.71. The first-order valence-electron chi connectivity index (χ1n) is 11.7. The van der Waals surface area contributed by atoms with Crippen molar-refractivity contribution in [1.82, 2.24) is 9.78 Å². The Morgan fingerprint density at radius 3 is 2.85 bits per heavy atom. The predicted molar refractivity (Wildman–Crippen MR) is 128 cm³/mol. The van der Waals surface area contributed by atoms with E-state index in [1.807, 2.05) is 43.5 Å². The summed E-state index contributed by atoms with van der Waals surface area (Å²) in [7, 11) is 0. The molecule has 1 amide bonds. The zero-order chi connectivity index (χ0) is 23.7. The van der Waals surface area contributed by atoms with Crippen molar-refractivity contribution < 1.29 is 14.3 Å². The highest BCUT2D eigenvalue weighted by molar-refractivity contribution is 5.95. The molecule has 5 nitrogen and oxygen atoms in total. The zero-order valence-electron chi connectivity index (χ0n) is 19.0. The Morgan fingerprint density at radius 1 is 1.26 bits per heavy atom. The Labute approximate surface area is 197 Å². The fraction of sp³-hybridized carbons (Fsp3) is 0.286. The Hall–Kier alpha value is -3.67. The number of aliphatic hydroxyl groups excluding tert-OH is 1. The van der Waals surface area contributed by atoms with Crippen molar-refractivity contribution in [3.05, 3.63) is 99.8 Å². The smallest absolute Gasteiger partial charge is 0.249 e. The van der Waals surface area contributed by atoms with E-state index in [1.165, 1.54) is 17.7 Å². The molecule has 34 heavy (non-hydrogen) atoms. The third-order valence-corrected chi connectivity index (χ3v) is 8.27. The summed E-state index contributed by atoms with van der Waals surface area (Å²) >= 11 is 0. The predicted octanol–water partition coefficient (Wildman–Crippen LogP) is 5.21. The Morgan fingerprint density at radius 2 is 2.09 bits per heavy atom. The highest BCUT2D eigenvalue weighted by atomic mass is 19.1. The maximum atomic E-state index is 13.8. The van der Waals surface area contributed by atoms with Gasteiger partial charge < -0.3 is 10.8 Å². The van der Waals surface area contributed by atoms with Crippen LogP contribution < -0.4 is 5.73 Å². The second kappa shape index (κ2) is 7.16. The van der Waals surface area contributed by atoms with Crippen LogP contribution in [-0.4, -0.2) is 20.8 Å². The molecule has 3 aromatic rings. The number of amides is 1. The number of rotatable bonds is 5. The second-order valence-electron chi connectivity index (χ2n) is 9.85. The standard InChI is InChI=1S/C28H26FN3O2/c1-17-4-2-5-18(25(17)26(30)34)8-10-27-11-9-20-12-23-19(14-28(20,27)15-24(27)33)16-31-32(23)22-7-3-6-21(29)13-22/h2-7,12-13,15-16,33H,8-11,14H2,1H3,(H2,30,34)/t27-,28-/m1/s1. The van der Waals surface area contributed by atoms with Gasteiger partial charge in [-0.1, -0.05) is 29.8 Å². The molecule has 0 saturated heterocycles. The summed E-state index contributed by atoms with van der Waals surface area (Å²) in [6.07, 6.45) is 9.96. The average molecular weight is 456 g/mol. The molecule has 0 bridgehead atoms. The van der Waals surface area contributed by atoms with Crippen LogP contribution in [-0.2, 0) is 12.8 Å². The number of aromatic nitrogens is 2. The van der Waals surface area contributed by atoms with E-state index in [-0.39, 0.29) is 16.6 Å². The van der Waals surface area contributed by atoms with Crippen LogP contribution in [0.25, 0.3) is 11.8 Å². The van der Waals surface area contributed by atoms with Crippen LogP contribution in [0.2, 0.25) is 0 Å². The van der Waals surface area contributed by atoms with E-state index in [4.69, 9.17) is 5.73 Å². The summed E-state index contributed by atoms with van der Waals surface area (Å²) in [4.78, 5) is 12.1. The molecule has 3 aliphatic carbocycles. The minimum absolute atomic E-state index is 0.239. The van der Waals surface area contributed by atoms with Gasteiger partial charge in [0.05, 0.1) is 23.3 Å². The number of primary amides is 1. The number of nitrogens with two attached hydrogens (primary N) is 1. The summed E-state index contributed by atoms with van der Waals surface area (Å²) in [5.74, 6) is -0.252. The van der Waals surface area contributed by atoms with Gasteiger partial charge in [-0.3, -0.25) is 4.79 Å². The van der Waals surface area contributed by atoms with E-state index < -0.39 is 5.91 Å². The Balaban J connectivity index is 1.35. The number of hydrogen-bond acceptors (Lipinski definition) is 3. The minimum atomic E-state index is -0.409. The Bertz CT molecular complexity index is 1420. The van der Waals surface area contributed by atoms with Crippen molar-refractivity contribution in [2.45, 2.75) is 39.0 Å². The third-order valence-electron chi connectivity index (χ3n) is 8.27. The van der Waals surface area contributed by atoms with Crippen LogP contribution in [0.4, 0.5) is 4.39 Å². The van der Waals surface area contributed by atoms with Crippen LogP contribution in [0.3, 0.4) is 0 Å². The normalized spacial score (nSPS) is 24.4. The number of benzene rings is 2. The largest absolute Gasteiger partial charge is 0.512 e. The molecular weight excluding hydrogens is 429 g/mol. The lowest BCUT2D eigenvalue weighted by Crippen LogP contribution is -2.49. The van der Waals surface area contributed by atoms with E-state index >= 15 is 0 Å². The molecule has 1 saturated carbocycles. The van der Waals surface area contributed by atoms with Gasteiger partial charge in [-0.05, 0) is 86.1 Å². The summed E-state index contributed by atoms with van der Waals surface area (Å²) in [6, 6.07) is 12.3. The maximum Gasteiger partial charge on any atom is 0.249 e. The van der Waals surface area contributed by atoms with Gasteiger partial charge in [0.25, 0.3) is 0 Å². The zero-order valence-corrected chi connectivity index (χ0v) is 19.0. The molecule has 0 unspecified atom stereocenters. The quantitative estimate of drug-likeness (QED) is 0.554. The van der Waals surface area contributed by atoms with Crippen LogP contribution in [0, 0.1) is 23.6 Å². The SMILES string of the molecule is Cc1cccc(CC[C@]23CCC4=Cc5c(cnn5-c5cccc(F)c5)C[C@@]42C=C3O)c1C(N)=O. The Kier molecular flexibility index (Phi) is 4.40. The molecule has 1 heterocycles. The molecule has 3 aliphatic rings. The molecule has 0 aliphatic heterocycles. The van der Waals surface area contributed by atoms with Crippen molar-refractivity contribution in [3.8, 4) is 5.69 Å². The number of aliphatic hydroxyl groups is 1. The van der Waals surface area contributed by atoms with Crippen LogP contribution in [0.1, 0.15) is 52.0 Å². The first-order valence-corrected chi connectivity index (χ1v) is 11.7. The highest BCUT2D eigenvalue weighted by Crippen LogP contribution is 2.71. The molecule has 1 fully saturated rings. The molecule has 6 rings (SSSR count). The van der Waals surface area contributed by atoms with Gasteiger partial charge in [0, 0.05) is 16.4 Å². The topological polar surface area (TPSA) is 81.1 Å². The lowest BCUT2D eigenvalue weighted by Gasteiger charge is -2.53. The number of carbonyl (C=O) groups is 1. The van der Waals surface area contributed by atoms with Gasteiger partial charge in [0.15, 0.2) is 0 Å². The maximum absolute atomic E-state index is 13.8. The van der Waals surface area contributed by atoms with Crippen LogP contribution in [0.15, 0.2) is 66.1 Å². The average Bonchev–Trinajstić information content (AvgIpc) is 3.31. The van der Waals surface area contributed by atoms with Gasteiger partial charge in [-0.2, -0.15) is 5.10 Å². The monoisotopic (exact) mass is 455 g/mol. The lowest BCUT2D eigenvalue weighted by atomic mass is 9.50. The van der Waals surface area contributed by atoms with Crippen LogP contribution >= 0.6 is 0 Å². The molecule has 1 spiro atoms. The minimum Gasteiger partial charge on any atom is -0.512 e. The molecule has 2 aromatic carbocycles. The van der Waals surface area contributed by atoms with E-state index in [0.717, 1.165) is 48.1 Å². The van der Waals surface area contributed by atoms with Crippen molar-refractivity contribution in [2.24, 2.45) is 16.6 Å². The van der Waals surface area contributed by atoms with E-state index in [2.05, 4.69) is 11.2 Å². The number of aryl methyl sites for hydroxylation is 2. The molecule has 3 N–H and O–H groups in total. The summed E-state index contributed by atoms with van der Waals surface area (Å²) in [5.41, 5.74) is 11.6. The molecule has 1 aromatic heterocycles. The fourth-order valence-corrected chi connectivity index (χ4v) is 6.59. The molecule has 6 heteroatoms. The lowest BCUT2D eigenvalue weighted by molar-refractivity contribution is 0.0591. The summed E-state index contributed by atoms with van der Waals surface area (Å²) < 4.78 is 15.6. The number of halogens is 1. The van der Waals surface area contributed by atoms with Crippen molar-refractivity contribution in [2.75, 3.05) is 0 Å². The molecule has 0 radical (unpaired) electrons. The van der Waals surface area contributed by atoms with Crippen molar-refractivity contribution in [3.63, 3.8) is 0 Å². The first kappa shape index (κ1) is 20.9. The highest BCUT2D eigenvalue weighted by Gasteiger charge is 2.65. The molecule has 2 atom stereocenters. The van der Waals surface area contributed by atoms with E-state index in [9.17, 15) is 14.3 Å². The van der Waals surface area contributed by atoms with E-state index in [1.54, 1.807) is 10.7 Å². The van der Waals surface area contributed by atoms with Gasteiger partial charge in [0.2, 0.25) is 5.91 Å². The van der Waals surface area contributed by atoms with Gasteiger partial charge in [-0.15, -0.1) is 0 Å². The number of allylic oxidation sites excluding steroid dienone is 3. The van der Waals surface area contributed by atoms with Crippen molar-refractivity contribution in [1.29, 1.82) is 0 Å². The van der Waals surface area contributed by atoms with Gasteiger partial charge >= 0.3 is 0 Å². The second-order valence-corrected chi connectivity index (χ2v) is 9.85. The molecule has 172 valence electrons. The summed E-state index contributed by atoms with van der Waals surface area (Å²) in [6.45, 7) is 1.90. The van der Waals surface area contributed by atoms with Crippen molar-refractivity contribution >= 4 is 12.0 Å². The number of hydrogen-bond donors (Lipinski definition) is 2. The number of fused-ring (bicyclic) bond motifs is 1. The van der Waals surface area contributed by atoms with Gasteiger partial charge in [-0.25, -0.2) is 9.07 Å². The molecular formula is C28H26FN3O2. The fourth-order valence-electron chi connectivity index (χ4n) is 6.59. The number of nitrogens with zero attached hydrogens (tertiary/aromatic N) is 2. The first-order chi connectivity index (χ1) is 16.3. The van der Waals surface area contributed by atoms with E-state index in [0.29, 0.717) is 23.4 Å². The van der Waals surface area contributed by atoms with Crippen LogP contribution in [0.5, 0.6) is 0 Å².